The summed E-state index contributed by atoms with van der Waals surface area (Å²) in [6, 6.07) is 4.18. The molecule has 12 nitrogen and oxygen atoms in total. The maximum Gasteiger partial charge on any atom is 0.416 e. The van der Waals surface area contributed by atoms with Crippen molar-refractivity contribution in [2.24, 2.45) is 34.8 Å². The van der Waals surface area contributed by atoms with Crippen molar-refractivity contribution in [2.75, 3.05) is 11.9 Å². The van der Waals surface area contributed by atoms with Gasteiger partial charge in [0.05, 0.1) is 29.2 Å². The quantitative estimate of drug-likeness (QED) is 0.136. The number of pyridine rings is 1. The fourth-order valence-corrected chi connectivity index (χ4v) is 8.66. The van der Waals surface area contributed by atoms with Gasteiger partial charge < -0.3 is 25.1 Å². The summed E-state index contributed by atoms with van der Waals surface area (Å²) in [6.45, 7) is 5.50. The summed E-state index contributed by atoms with van der Waals surface area (Å²) in [6.07, 6.45) is 3.04. The zero-order chi connectivity index (χ0) is 41.9. The van der Waals surface area contributed by atoms with E-state index >= 15 is 0 Å². The number of Topliss-reactive ketones (excluding diaryl/α,β-unsaturated/α-hetero) is 3. The van der Waals surface area contributed by atoms with E-state index in [1.807, 2.05) is 20.8 Å². The van der Waals surface area contributed by atoms with Crippen LogP contribution in [0, 0.1) is 29.1 Å². The Hall–Kier alpha value is -4.53. The van der Waals surface area contributed by atoms with Crippen LogP contribution < -0.4 is 15.8 Å². The van der Waals surface area contributed by atoms with Gasteiger partial charge in [-0.15, -0.1) is 0 Å². The van der Waals surface area contributed by atoms with Gasteiger partial charge in [-0.25, -0.2) is 4.98 Å². The van der Waals surface area contributed by atoms with Crippen molar-refractivity contribution < 1.29 is 46.3 Å². The van der Waals surface area contributed by atoms with Crippen LogP contribution in [0.15, 0.2) is 40.9 Å². The normalized spacial score (nSPS) is 20.9. The molecule has 3 heterocycles. The fraction of sp³-hybridized carbons (Fsp3) is 0.595. The largest absolute Gasteiger partial charge is 0.472 e. The van der Waals surface area contributed by atoms with E-state index in [2.05, 4.69) is 15.3 Å². The van der Waals surface area contributed by atoms with E-state index in [4.69, 9.17) is 26.5 Å². The lowest BCUT2D eigenvalue weighted by Gasteiger charge is -2.36. The lowest BCUT2D eigenvalue weighted by Crippen LogP contribution is -2.49. The molecule has 1 saturated heterocycles. The van der Waals surface area contributed by atoms with Gasteiger partial charge in [0.2, 0.25) is 17.6 Å². The molecule has 0 bridgehead atoms. The van der Waals surface area contributed by atoms with E-state index in [1.54, 1.807) is 12.1 Å². The minimum atomic E-state index is -4.58. The highest BCUT2D eigenvalue weighted by Crippen LogP contribution is 2.39. The van der Waals surface area contributed by atoms with Crippen molar-refractivity contribution in [2.45, 2.75) is 122 Å². The third-order valence-corrected chi connectivity index (χ3v) is 12.2. The topological polar surface area (TPSA) is 175 Å². The van der Waals surface area contributed by atoms with Gasteiger partial charge in [0.15, 0.2) is 17.1 Å². The molecule has 1 aliphatic heterocycles. The number of oxazole rings is 1. The van der Waals surface area contributed by atoms with Gasteiger partial charge in [0.25, 0.3) is 11.9 Å². The predicted octanol–water partition coefficient (Wildman–Crippen LogP) is 7.75. The number of carbonyl (C=O) groups excluding carboxylic acids is 5. The van der Waals surface area contributed by atoms with Gasteiger partial charge in [-0.3, -0.25) is 24.0 Å². The number of nitrogens with two attached hydrogens (primary N) is 1. The first kappa shape index (κ1) is 43.1. The second-order valence-corrected chi connectivity index (χ2v) is 17.7. The molecule has 2 amide bonds. The number of primary amides is 1. The van der Waals surface area contributed by atoms with Gasteiger partial charge in [-0.05, 0) is 60.8 Å². The van der Waals surface area contributed by atoms with Crippen LogP contribution in [0.2, 0.25) is 5.02 Å². The highest BCUT2D eigenvalue weighted by atomic mass is 35.5. The number of benzene rings is 1. The molecule has 5 atom stereocenters. The Morgan fingerprint density at radius 1 is 1.00 bits per heavy atom. The first-order valence-electron chi connectivity index (χ1n) is 20.1. The zero-order valence-electron chi connectivity index (χ0n) is 33.0. The molecule has 58 heavy (non-hydrogen) atoms. The Morgan fingerprint density at radius 2 is 1.72 bits per heavy atom. The minimum absolute atomic E-state index is 0.00943. The van der Waals surface area contributed by atoms with Crippen LogP contribution in [0.5, 0.6) is 5.88 Å². The molecule has 0 spiro atoms. The number of anilines is 1. The molecular weight excluding hydrogens is 779 g/mol. The van der Waals surface area contributed by atoms with Crippen LogP contribution >= 0.6 is 11.6 Å². The van der Waals surface area contributed by atoms with E-state index < -0.39 is 70.6 Å². The van der Waals surface area contributed by atoms with Crippen molar-refractivity contribution in [3.05, 3.63) is 47.1 Å². The second kappa shape index (κ2) is 17.8. The minimum Gasteiger partial charge on any atom is -0.472 e. The molecule has 1 aromatic carbocycles. The third kappa shape index (κ3) is 10.4. The number of rotatable bonds is 16. The van der Waals surface area contributed by atoms with E-state index in [1.165, 1.54) is 17.2 Å². The number of ether oxygens (including phenoxy) is 1. The van der Waals surface area contributed by atoms with Crippen LogP contribution in [0.3, 0.4) is 0 Å². The number of halogens is 4. The number of alkyl halides is 3. The predicted molar refractivity (Wildman–Crippen MR) is 209 cm³/mol. The molecule has 3 N–H and O–H groups in total. The van der Waals surface area contributed by atoms with Crippen molar-refractivity contribution in [1.29, 1.82) is 0 Å². The standard InChI is InChI=1S/C42H51ClF3N5O7/c1-41(2,3)29(20-33(53)36(24-10-5-4-6-11-24)50-40-49-30-18-26(42(44,45)46)12-14-34(30)58-40)39(56)51-22-28(57-35-15-13-27(43)21-48-35)19-31(51)32(52)17-25(37(54)38(47)55)16-23-8-7-9-23/h12-15,18,21,23-25,28-29,31,36H,4-11,16-17,19-20,22H2,1-3H3,(H2,47,55)(H,49,50)/t25?,28-,29-,31+,36+/m1/s1. The number of aromatic nitrogens is 2. The van der Waals surface area contributed by atoms with Crippen LogP contribution in [-0.2, 0) is 30.1 Å². The second-order valence-electron chi connectivity index (χ2n) is 17.2. The van der Waals surface area contributed by atoms with E-state index in [-0.39, 0.29) is 66.4 Å². The lowest BCUT2D eigenvalue weighted by molar-refractivity contribution is -0.147. The molecule has 2 aromatic heterocycles. The Balaban J connectivity index is 1.26. The van der Waals surface area contributed by atoms with Crippen molar-refractivity contribution in [1.82, 2.24) is 14.9 Å². The van der Waals surface area contributed by atoms with Crippen LogP contribution in [0.25, 0.3) is 11.1 Å². The number of ketones is 3. The Bertz CT molecular complexity index is 1990. The summed E-state index contributed by atoms with van der Waals surface area (Å²) in [7, 11) is 0. The third-order valence-electron chi connectivity index (χ3n) is 12.0. The molecule has 3 fully saturated rings. The summed E-state index contributed by atoms with van der Waals surface area (Å²) in [5, 5.41) is 3.49. The molecule has 1 unspecified atom stereocenters. The van der Waals surface area contributed by atoms with Gasteiger partial charge in [-0.1, -0.05) is 70.9 Å². The Morgan fingerprint density at radius 3 is 2.33 bits per heavy atom. The fourth-order valence-electron chi connectivity index (χ4n) is 8.55. The van der Waals surface area contributed by atoms with Crippen molar-refractivity contribution >= 4 is 57.9 Å². The van der Waals surface area contributed by atoms with Crippen LogP contribution in [0.1, 0.15) is 103 Å². The molecule has 16 heteroatoms. The molecule has 3 aromatic rings. The summed E-state index contributed by atoms with van der Waals surface area (Å²) >= 11 is 6.03. The number of hydrogen-bond acceptors (Lipinski definition) is 10. The van der Waals surface area contributed by atoms with Gasteiger partial charge in [0.1, 0.15) is 11.6 Å². The Kier molecular flexibility index (Phi) is 13.2. The van der Waals surface area contributed by atoms with E-state index in [9.17, 15) is 37.1 Å². The molecule has 0 radical (unpaired) electrons. The maximum absolute atomic E-state index is 14.9. The molecule has 2 saturated carbocycles. The average Bonchev–Trinajstić information content (AvgIpc) is 3.77. The summed E-state index contributed by atoms with van der Waals surface area (Å²) < 4.78 is 52.2. The summed E-state index contributed by atoms with van der Waals surface area (Å²) in [5.41, 5.74) is 3.85. The van der Waals surface area contributed by atoms with Gasteiger partial charge >= 0.3 is 6.18 Å². The SMILES string of the molecule is CC(C)(C)[C@H](CC(=O)[C@@H](Nc1nc2cc(C(F)(F)F)ccc2o1)C1CCCCC1)C(=O)N1C[C@H](Oc2ccc(Cl)cn2)C[C@H]1C(=O)CC(CC1CCC1)C(=O)C(N)=O. The number of likely N-dealkylation sites (tertiary alicyclic amines) is 1. The monoisotopic (exact) mass is 829 g/mol. The highest BCUT2D eigenvalue weighted by molar-refractivity contribution is 6.36. The number of fused-ring (bicyclic) bond motifs is 1. The smallest absolute Gasteiger partial charge is 0.416 e. The summed E-state index contributed by atoms with van der Waals surface area (Å²) in [5.74, 6) is -4.64. The van der Waals surface area contributed by atoms with Crippen molar-refractivity contribution in [3.8, 4) is 5.88 Å². The first-order valence-corrected chi connectivity index (χ1v) is 20.5. The molecule has 6 rings (SSSR count). The van der Waals surface area contributed by atoms with Crippen LogP contribution in [-0.4, -0.2) is 68.8 Å². The van der Waals surface area contributed by atoms with Crippen LogP contribution in [0.4, 0.5) is 19.2 Å². The summed E-state index contributed by atoms with van der Waals surface area (Å²) in [4.78, 5) is 78.6. The van der Waals surface area contributed by atoms with Crippen molar-refractivity contribution in [3.63, 3.8) is 0 Å². The highest BCUT2D eigenvalue weighted by Gasteiger charge is 2.47. The number of nitrogens with zero attached hydrogens (tertiary/aromatic N) is 3. The number of amides is 2. The van der Waals surface area contributed by atoms with E-state index in [0.29, 0.717) is 24.3 Å². The Labute approximate surface area is 340 Å². The molecule has 314 valence electrons. The maximum atomic E-state index is 14.9. The van der Waals surface area contributed by atoms with Gasteiger partial charge in [0, 0.05) is 43.4 Å². The van der Waals surface area contributed by atoms with E-state index in [0.717, 1.165) is 50.7 Å². The molecule has 2 aliphatic carbocycles. The molecule has 3 aliphatic rings. The number of carbonyl (C=O) groups is 5. The zero-order valence-corrected chi connectivity index (χ0v) is 33.7. The average molecular weight is 830 g/mol. The lowest BCUT2D eigenvalue weighted by atomic mass is 9.74. The first-order chi connectivity index (χ1) is 27.4. The molecular formula is C42H51ClF3N5O7. The number of hydrogen-bond donors (Lipinski definition) is 2. The number of nitrogens with one attached hydrogen (secondary N) is 1. The van der Waals surface area contributed by atoms with Gasteiger partial charge in [-0.2, -0.15) is 18.2 Å².